The molecule has 10 heteroatoms. The fraction of sp³-hybridized carbons (Fsp3) is 0.290. The number of carbonyl (C=O) groups excluding carboxylic acids is 1. The van der Waals surface area contributed by atoms with Crippen LogP contribution in [-0.4, -0.2) is 23.5 Å². The second-order valence-electron chi connectivity index (χ2n) is 10.2. The van der Waals surface area contributed by atoms with Gasteiger partial charge in [-0.1, -0.05) is 11.6 Å². The molecule has 2 aliphatic rings. The summed E-state index contributed by atoms with van der Waals surface area (Å²) in [5.74, 6) is -2.86. The van der Waals surface area contributed by atoms with Crippen molar-refractivity contribution in [1.82, 2.24) is 0 Å². The van der Waals surface area contributed by atoms with Crippen molar-refractivity contribution in [1.29, 1.82) is 0 Å². The van der Waals surface area contributed by atoms with Crippen LogP contribution in [0.3, 0.4) is 0 Å². The molecule has 1 N–H and O–H groups in total. The van der Waals surface area contributed by atoms with Gasteiger partial charge in [0.25, 0.3) is 0 Å². The van der Waals surface area contributed by atoms with Crippen LogP contribution in [0.5, 0.6) is 5.75 Å². The largest absolute Gasteiger partial charge is 0.488 e. The van der Waals surface area contributed by atoms with E-state index in [1.807, 2.05) is 0 Å². The van der Waals surface area contributed by atoms with E-state index in [0.29, 0.717) is 43.0 Å². The third-order valence-corrected chi connectivity index (χ3v) is 7.60. The molecule has 214 valence electrons. The highest BCUT2D eigenvalue weighted by Crippen LogP contribution is 2.45. The Morgan fingerprint density at radius 1 is 1.00 bits per heavy atom. The second kappa shape index (κ2) is 11.3. The molecular formula is C31H26F5NO4. The van der Waals surface area contributed by atoms with Crippen LogP contribution in [0.4, 0.5) is 27.6 Å². The number of nitrogens with zero attached hydrogens (tertiary/aromatic N) is 1. The molecule has 1 unspecified atom stereocenters. The Morgan fingerprint density at radius 3 is 2.54 bits per heavy atom. The first kappa shape index (κ1) is 28.3. The Bertz CT molecular complexity index is 1530. The van der Waals surface area contributed by atoms with Gasteiger partial charge in [0.2, 0.25) is 5.91 Å². The highest BCUT2D eigenvalue weighted by molar-refractivity contribution is 5.96. The molecule has 1 fully saturated rings. The number of ether oxygens (including phenoxy) is 1. The molecule has 1 aliphatic heterocycles. The maximum absolute atomic E-state index is 14.2. The molecule has 3 aromatic rings. The zero-order valence-electron chi connectivity index (χ0n) is 21.8. The van der Waals surface area contributed by atoms with E-state index < -0.39 is 29.3 Å². The molecule has 41 heavy (non-hydrogen) atoms. The smallest absolute Gasteiger partial charge is 0.416 e. The first-order valence-corrected chi connectivity index (χ1v) is 13.1. The fourth-order valence-corrected chi connectivity index (χ4v) is 5.57. The molecule has 1 heterocycles. The summed E-state index contributed by atoms with van der Waals surface area (Å²) in [4.78, 5) is 25.8. The van der Waals surface area contributed by atoms with Crippen LogP contribution in [0, 0.1) is 17.6 Å². The van der Waals surface area contributed by atoms with Gasteiger partial charge >= 0.3 is 12.1 Å². The summed E-state index contributed by atoms with van der Waals surface area (Å²) in [6.07, 6.45) is -2.07. The van der Waals surface area contributed by atoms with Crippen molar-refractivity contribution in [2.45, 2.75) is 44.9 Å². The number of aromatic carboxylic acids is 1. The highest BCUT2D eigenvalue weighted by atomic mass is 19.4. The van der Waals surface area contributed by atoms with Gasteiger partial charge in [-0.2, -0.15) is 13.2 Å². The predicted octanol–water partition coefficient (Wildman–Crippen LogP) is 7.64. The van der Waals surface area contributed by atoms with Gasteiger partial charge in [-0.05, 0) is 85.7 Å². The zero-order chi connectivity index (χ0) is 29.3. The van der Waals surface area contributed by atoms with Crippen LogP contribution in [0.15, 0.2) is 66.2 Å². The molecule has 5 nitrogen and oxygen atoms in total. The fourth-order valence-electron chi connectivity index (χ4n) is 5.57. The lowest BCUT2D eigenvalue weighted by Gasteiger charge is -2.34. The summed E-state index contributed by atoms with van der Waals surface area (Å²) >= 11 is 0. The van der Waals surface area contributed by atoms with Crippen LogP contribution in [-0.2, 0) is 17.6 Å². The van der Waals surface area contributed by atoms with E-state index in [9.17, 15) is 36.6 Å². The number of benzene rings is 3. The van der Waals surface area contributed by atoms with Crippen LogP contribution in [0.1, 0.15) is 59.2 Å². The van der Waals surface area contributed by atoms with Crippen molar-refractivity contribution >= 4 is 23.1 Å². The Labute approximate surface area is 232 Å². The lowest BCUT2D eigenvalue weighted by atomic mass is 9.85. The lowest BCUT2D eigenvalue weighted by molar-refractivity contribution is -0.137. The molecule has 3 aromatic carbocycles. The number of alkyl halides is 3. The van der Waals surface area contributed by atoms with Crippen LogP contribution in [0.2, 0.25) is 0 Å². The van der Waals surface area contributed by atoms with Crippen molar-refractivity contribution in [3.05, 3.63) is 100 Å². The maximum Gasteiger partial charge on any atom is 0.416 e. The number of carbonyl (C=O) groups is 2. The highest BCUT2D eigenvalue weighted by Gasteiger charge is 2.35. The Kier molecular flexibility index (Phi) is 7.84. The number of carboxylic acids is 1. The first-order valence-electron chi connectivity index (χ1n) is 13.1. The summed E-state index contributed by atoms with van der Waals surface area (Å²) in [5.41, 5.74) is 1.58. The number of piperidine rings is 1. The van der Waals surface area contributed by atoms with E-state index in [2.05, 4.69) is 0 Å². The third-order valence-electron chi connectivity index (χ3n) is 7.60. The standard InChI is InChI=1S/C31H26F5NO4/c32-22-10-7-20(27(33)15-22)17-41-28-11-9-21(31(34,35)36)14-26(28)25-6-2-5-24(25)19-8-12-29(38)37(16-19)23-4-1-3-18(13-23)30(39)40/h1,3-4,7,9-11,13-15,19H,2,5-6,8,12,16-17H2,(H,39,40). The van der Waals surface area contributed by atoms with Gasteiger partial charge in [-0.15, -0.1) is 0 Å². The van der Waals surface area contributed by atoms with E-state index in [0.717, 1.165) is 23.8 Å². The minimum atomic E-state index is -4.60. The van der Waals surface area contributed by atoms with Gasteiger partial charge in [-0.3, -0.25) is 4.79 Å². The van der Waals surface area contributed by atoms with E-state index in [-0.39, 0.29) is 53.8 Å². The molecule has 0 bridgehead atoms. The van der Waals surface area contributed by atoms with E-state index in [4.69, 9.17) is 4.74 Å². The number of carboxylic acid groups (broad SMARTS) is 1. The van der Waals surface area contributed by atoms with Crippen molar-refractivity contribution < 1.29 is 41.4 Å². The molecule has 0 spiro atoms. The maximum atomic E-state index is 14.2. The van der Waals surface area contributed by atoms with Crippen LogP contribution < -0.4 is 9.64 Å². The van der Waals surface area contributed by atoms with Crippen molar-refractivity contribution in [2.24, 2.45) is 5.92 Å². The number of hydrogen-bond acceptors (Lipinski definition) is 3. The number of anilines is 1. The molecule has 1 atom stereocenters. The molecule has 5 rings (SSSR count). The number of halogens is 5. The molecular weight excluding hydrogens is 545 g/mol. The minimum absolute atomic E-state index is 0.0431. The average Bonchev–Trinajstić information content (AvgIpc) is 3.42. The summed E-state index contributed by atoms with van der Waals surface area (Å²) < 4.78 is 74.5. The molecule has 0 aromatic heterocycles. The van der Waals surface area contributed by atoms with Gasteiger partial charge in [0.05, 0.1) is 11.1 Å². The second-order valence-corrected chi connectivity index (χ2v) is 10.2. The Hall–Kier alpha value is -4.21. The topological polar surface area (TPSA) is 66.8 Å². The first-order chi connectivity index (χ1) is 19.5. The molecule has 1 aliphatic carbocycles. The van der Waals surface area contributed by atoms with Crippen molar-refractivity contribution in [3.8, 4) is 5.75 Å². The predicted molar refractivity (Wildman–Crippen MR) is 141 cm³/mol. The third kappa shape index (κ3) is 6.11. The Balaban J connectivity index is 1.50. The van der Waals surface area contributed by atoms with Crippen molar-refractivity contribution in [2.75, 3.05) is 11.4 Å². The van der Waals surface area contributed by atoms with Gasteiger partial charge in [-0.25, -0.2) is 13.6 Å². The quantitative estimate of drug-likeness (QED) is 0.296. The summed E-state index contributed by atoms with van der Waals surface area (Å²) in [7, 11) is 0. The number of hydrogen-bond donors (Lipinski definition) is 1. The molecule has 1 saturated heterocycles. The number of amides is 1. The van der Waals surface area contributed by atoms with Gasteiger partial charge < -0.3 is 14.7 Å². The summed E-state index contributed by atoms with van der Waals surface area (Å²) in [5, 5.41) is 9.37. The van der Waals surface area contributed by atoms with Crippen LogP contribution >= 0.6 is 0 Å². The minimum Gasteiger partial charge on any atom is -0.488 e. The monoisotopic (exact) mass is 571 g/mol. The number of rotatable bonds is 7. The lowest BCUT2D eigenvalue weighted by Crippen LogP contribution is -2.40. The van der Waals surface area contributed by atoms with Gasteiger partial charge in [0.15, 0.2) is 0 Å². The average molecular weight is 572 g/mol. The molecule has 0 radical (unpaired) electrons. The van der Waals surface area contributed by atoms with Crippen LogP contribution in [0.25, 0.3) is 5.57 Å². The molecule has 1 amide bonds. The molecule has 0 saturated carbocycles. The Morgan fingerprint density at radius 2 is 1.80 bits per heavy atom. The van der Waals surface area contributed by atoms with Gasteiger partial charge in [0, 0.05) is 35.8 Å². The summed E-state index contributed by atoms with van der Waals surface area (Å²) in [6, 6.07) is 12.3. The summed E-state index contributed by atoms with van der Waals surface area (Å²) in [6.45, 7) is -0.0462. The van der Waals surface area contributed by atoms with Gasteiger partial charge in [0.1, 0.15) is 24.0 Å². The zero-order valence-corrected chi connectivity index (χ0v) is 21.8. The number of allylic oxidation sites excluding steroid dienone is 1. The van der Waals surface area contributed by atoms with E-state index in [1.165, 1.54) is 29.2 Å². The van der Waals surface area contributed by atoms with Crippen molar-refractivity contribution in [3.63, 3.8) is 0 Å². The normalized spacial score (nSPS) is 17.7. The SMILES string of the molecule is O=C(O)c1cccc(N2CC(C3=C(c4cc(C(F)(F)F)ccc4OCc4ccc(F)cc4F)CCC3)CCC2=O)c1. The van der Waals surface area contributed by atoms with E-state index in [1.54, 1.807) is 12.1 Å². The van der Waals surface area contributed by atoms with E-state index >= 15 is 0 Å².